The van der Waals surface area contributed by atoms with Gasteiger partial charge in [0.05, 0.1) is 32.3 Å². The van der Waals surface area contributed by atoms with Crippen molar-refractivity contribution in [1.82, 2.24) is 4.90 Å². The summed E-state index contributed by atoms with van der Waals surface area (Å²) in [6.45, 7) is 0.398. The van der Waals surface area contributed by atoms with Gasteiger partial charge in [0.25, 0.3) is 5.91 Å². The van der Waals surface area contributed by atoms with Gasteiger partial charge in [-0.25, -0.2) is 4.99 Å². The minimum atomic E-state index is -0.111. The number of nitrogens with zero attached hydrogens (tertiary/aromatic N) is 2. The second-order valence-corrected chi connectivity index (χ2v) is 9.94. The van der Waals surface area contributed by atoms with E-state index in [-0.39, 0.29) is 11.7 Å². The molecule has 0 saturated carbocycles. The number of phenolic OH excluding ortho intramolecular Hbond substituents is 1. The Labute approximate surface area is 212 Å². The molecule has 162 valence electrons. The Bertz CT molecular complexity index is 1190. The zero-order valence-corrected chi connectivity index (χ0v) is 21.5. The highest BCUT2D eigenvalue weighted by atomic mass is 127. The summed E-state index contributed by atoms with van der Waals surface area (Å²) in [5, 5.41) is 10.6. The number of aliphatic imine (C=N–C) groups is 1. The van der Waals surface area contributed by atoms with E-state index >= 15 is 0 Å². The molecule has 0 unspecified atom stereocenters. The van der Waals surface area contributed by atoms with Crippen molar-refractivity contribution in [3.8, 4) is 11.5 Å². The van der Waals surface area contributed by atoms with Crippen LogP contribution in [-0.2, 0) is 11.3 Å². The van der Waals surface area contributed by atoms with Crippen molar-refractivity contribution >= 4 is 73.1 Å². The van der Waals surface area contributed by atoms with Crippen LogP contribution in [-0.4, -0.2) is 28.2 Å². The van der Waals surface area contributed by atoms with Crippen LogP contribution >= 0.6 is 50.3 Å². The van der Waals surface area contributed by atoms with Crippen molar-refractivity contribution in [2.75, 3.05) is 7.11 Å². The number of rotatable bonds is 5. The summed E-state index contributed by atoms with van der Waals surface area (Å²) in [4.78, 5) is 20.3. The number of hydrogen-bond donors (Lipinski definition) is 1. The maximum atomic E-state index is 13.3. The van der Waals surface area contributed by atoms with Crippen LogP contribution in [0.5, 0.6) is 11.5 Å². The van der Waals surface area contributed by atoms with Gasteiger partial charge in [-0.1, -0.05) is 30.3 Å². The van der Waals surface area contributed by atoms with E-state index < -0.39 is 0 Å². The highest BCUT2D eigenvalue weighted by molar-refractivity contribution is 14.1. The zero-order valence-electron chi connectivity index (χ0n) is 17.0. The van der Waals surface area contributed by atoms with E-state index in [1.807, 2.05) is 66.7 Å². The Balaban J connectivity index is 1.70. The second-order valence-electron chi connectivity index (χ2n) is 6.91. The molecule has 1 aliphatic rings. The summed E-state index contributed by atoms with van der Waals surface area (Å²) in [5.41, 5.74) is 2.58. The molecular weight excluding hydrogens is 603 g/mol. The van der Waals surface area contributed by atoms with Crippen molar-refractivity contribution in [1.29, 1.82) is 0 Å². The van der Waals surface area contributed by atoms with E-state index in [9.17, 15) is 9.90 Å². The highest BCUT2D eigenvalue weighted by Gasteiger charge is 2.33. The summed E-state index contributed by atoms with van der Waals surface area (Å²) in [7, 11) is 1.63. The van der Waals surface area contributed by atoms with Crippen molar-refractivity contribution < 1.29 is 14.6 Å². The first-order valence-corrected chi connectivity index (χ1v) is 12.3. The molecule has 32 heavy (non-hydrogen) atoms. The fourth-order valence-electron chi connectivity index (χ4n) is 3.08. The van der Waals surface area contributed by atoms with E-state index in [2.05, 4.69) is 38.5 Å². The molecule has 0 aromatic heterocycles. The molecule has 1 aliphatic heterocycles. The van der Waals surface area contributed by atoms with Crippen LogP contribution < -0.4 is 4.74 Å². The first-order valence-electron chi connectivity index (χ1n) is 9.60. The Kier molecular flexibility index (Phi) is 7.22. The number of carbonyl (C=O) groups is 1. The SMILES string of the molecule is COc1ccc(CN2C(=O)C(=Cc3cc(Br)c(O)c(I)c3)SC2=Nc2ccccc2)cc1. The topological polar surface area (TPSA) is 62.1 Å². The first kappa shape index (κ1) is 22.9. The molecule has 0 spiro atoms. The number of para-hydroxylation sites is 1. The van der Waals surface area contributed by atoms with Crippen molar-refractivity contribution in [2.24, 2.45) is 4.99 Å². The number of amidine groups is 1. The lowest BCUT2D eigenvalue weighted by molar-refractivity contribution is -0.122. The molecular formula is C24H18BrIN2O3S. The lowest BCUT2D eigenvalue weighted by Gasteiger charge is -2.16. The van der Waals surface area contributed by atoms with Crippen molar-refractivity contribution in [3.63, 3.8) is 0 Å². The largest absolute Gasteiger partial charge is 0.506 e. The van der Waals surface area contributed by atoms with Crippen molar-refractivity contribution in [3.05, 3.63) is 90.8 Å². The molecule has 0 bridgehead atoms. The molecule has 1 heterocycles. The molecule has 5 nitrogen and oxygen atoms in total. The second kappa shape index (κ2) is 10.1. The third-order valence-corrected chi connectivity index (χ3v) is 7.14. The third-order valence-electron chi connectivity index (χ3n) is 4.71. The van der Waals surface area contributed by atoms with Gasteiger partial charge in [0.15, 0.2) is 5.17 Å². The normalized spacial score (nSPS) is 16.2. The average molecular weight is 621 g/mol. The number of methoxy groups -OCH3 is 1. The summed E-state index contributed by atoms with van der Waals surface area (Å²) in [6.07, 6.45) is 1.83. The molecule has 1 N–H and O–H groups in total. The van der Waals surface area contributed by atoms with Crippen LogP contribution in [0.3, 0.4) is 0 Å². The summed E-state index contributed by atoms with van der Waals surface area (Å²) < 4.78 is 6.52. The van der Waals surface area contributed by atoms with Gasteiger partial charge in [0.2, 0.25) is 0 Å². The van der Waals surface area contributed by atoms with Crippen LogP contribution in [0.4, 0.5) is 5.69 Å². The Hall–Kier alpha value is -2.30. The van der Waals surface area contributed by atoms with E-state index in [1.165, 1.54) is 11.8 Å². The van der Waals surface area contributed by atoms with E-state index in [0.717, 1.165) is 22.6 Å². The summed E-state index contributed by atoms with van der Waals surface area (Å²) in [5.74, 6) is 0.840. The molecule has 1 saturated heterocycles. The Morgan fingerprint density at radius 3 is 2.53 bits per heavy atom. The van der Waals surface area contributed by atoms with Gasteiger partial charge in [-0.2, -0.15) is 0 Å². The molecule has 1 amide bonds. The number of aromatic hydroxyl groups is 1. The smallest absolute Gasteiger partial charge is 0.267 e. The number of benzene rings is 3. The fraction of sp³-hybridized carbons (Fsp3) is 0.0833. The molecule has 0 atom stereocenters. The van der Waals surface area contributed by atoms with Crippen molar-refractivity contribution in [2.45, 2.75) is 6.54 Å². The Morgan fingerprint density at radius 2 is 1.88 bits per heavy atom. The quantitative estimate of drug-likeness (QED) is 0.259. The molecule has 0 radical (unpaired) electrons. The van der Waals surface area contributed by atoms with E-state index in [1.54, 1.807) is 18.1 Å². The van der Waals surface area contributed by atoms with Gasteiger partial charge >= 0.3 is 0 Å². The maximum Gasteiger partial charge on any atom is 0.267 e. The molecule has 1 fully saturated rings. The van der Waals surface area contributed by atoms with Crippen LogP contribution in [0.15, 0.2) is 81.1 Å². The third kappa shape index (κ3) is 5.19. The molecule has 4 rings (SSSR count). The number of hydrogen-bond acceptors (Lipinski definition) is 5. The average Bonchev–Trinajstić information content (AvgIpc) is 3.07. The van der Waals surface area contributed by atoms with Gasteiger partial charge in [0.1, 0.15) is 11.5 Å². The van der Waals surface area contributed by atoms with Crippen LogP contribution in [0.25, 0.3) is 6.08 Å². The van der Waals surface area contributed by atoms with Gasteiger partial charge < -0.3 is 9.84 Å². The van der Waals surface area contributed by atoms with Gasteiger partial charge in [0, 0.05) is 0 Å². The number of carbonyl (C=O) groups excluding carboxylic acids is 1. The molecule has 0 aliphatic carbocycles. The van der Waals surface area contributed by atoms with E-state index in [4.69, 9.17) is 9.73 Å². The lowest BCUT2D eigenvalue weighted by Crippen LogP contribution is -2.28. The van der Waals surface area contributed by atoms with Gasteiger partial charge in [-0.3, -0.25) is 9.69 Å². The predicted molar refractivity (Wildman–Crippen MR) is 141 cm³/mol. The molecule has 3 aromatic carbocycles. The number of ether oxygens (including phenoxy) is 1. The fourth-order valence-corrected chi connectivity index (χ4v) is 5.57. The van der Waals surface area contributed by atoms with Crippen LogP contribution in [0.1, 0.15) is 11.1 Å². The standard InChI is InChI=1S/C24H18BrIN2O3S/c1-31-18-9-7-15(8-10-18)14-28-23(30)21(13-16-11-19(25)22(29)20(26)12-16)32-24(28)27-17-5-3-2-4-6-17/h2-13,29H,14H2,1H3. The van der Waals surface area contributed by atoms with E-state index in [0.29, 0.717) is 24.7 Å². The number of thioether (sulfide) groups is 1. The maximum absolute atomic E-state index is 13.3. The first-order chi connectivity index (χ1) is 15.4. The van der Waals surface area contributed by atoms with Gasteiger partial charge in [-0.05, 0) is 104 Å². The lowest BCUT2D eigenvalue weighted by atomic mass is 10.2. The molecule has 8 heteroatoms. The monoisotopic (exact) mass is 620 g/mol. The zero-order chi connectivity index (χ0) is 22.7. The van der Waals surface area contributed by atoms with Gasteiger partial charge in [-0.15, -0.1) is 0 Å². The van der Waals surface area contributed by atoms with Crippen LogP contribution in [0, 0.1) is 3.57 Å². The minimum Gasteiger partial charge on any atom is -0.506 e. The predicted octanol–water partition coefficient (Wildman–Crippen LogP) is 6.57. The number of phenols is 1. The summed E-state index contributed by atoms with van der Waals surface area (Å²) >= 11 is 6.77. The summed E-state index contributed by atoms with van der Waals surface area (Å²) in [6, 6.07) is 20.9. The highest BCUT2D eigenvalue weighted by Crippen LogP contribution is 2.37. The Morgan fingerprint density at radius 1 is 1.16 bits per heavy atom. The minimum absolute atomic E-state index is 0.111. The number of amides is 1. The van der Waals surface area contributed by atoms with Crippen LogP contribution in [0.2, 0.25) is 0 Å². The number of halogens is 2. The molecule has 3 aromatic rings.